The molecule has 0 saturated carbocycles. The van der Waals surface area contributed by atoms with Crippen molar-refractivity contribution in [3.63, 3.8) is 0 Å². The first-order valence-corrected chi connectivity index (χ1v) is 12.1. The van der Waals surface area contributed by atoms with Gasteiger partial charge in [0.15, 0.2) is 0 Å². The van der Waals surface area contributed by atoms with Gasteiger partial charge in [0, 0.05) is 73.5 Å². The van der Waals surface area contributed by atoms with Gasteiger partial charge < -0.3 is 30.6 Å². The Morgan fingerprint density at radius 1 is 0.857 bits per heavy atom. The van der Waals surface area contributed by atoms with E-state index in [-0.39, 0.29) is 18.1 Å². The molecular formula is C27H30N4O11. The van der Waals surface area contributed by atoms with E-state index in [0.717, 1.165) is 19.6 Å². The smallest absolute Gasteiger partial charge is 0.328 e. The van der Waals surface area contributed by atoms with Crippen molar-refractivity contribution in [2.45, 2.75) is 13.0 Å². The third-order valence-electron chi connectivity index (χ3n) is 5.24. The summed E-state index contributed by atoms with van der Waals surface area (Å²) in [6.45, 7) is 4.86. The number of carboxylic acid groups (broad SMARTS) is 4. The van der Waals surface area contributed by atoms with Gasteiger partial charge in [-0.3, -0.25) is 19.8 Å². The van der Waals surface area contributed by atoms with Gasteiger partial charge in [-0.15, -0.1) is 0 Å². The summed E-state index contributed by atoms with van der Waals surface area (Å²) in [4.78, 5) is 65.3. The number of anilines is 2. The minimum Gasteiger partial charge on any atom is -0.478 e. The van der Waals surface area contributed by atoms with E-state index < -0.39 is 28.8 Å². The lowest BCUT2D eigenvalue weighted by atomic mass is 10.1. The normalized spacial score (nSPS) is 14.6. The average molecular weight is 587 g/mol. The summed E-state index contributed by atoms with van der Waals surface area (Å²) in [7, 11) is 0. The number of carbonyl (C=O) groups is 5. The molecule has 0 aromatic heterocycles. The van der Waals surface area contributed by atoms with Crippen molar-refractivity contribution < 1.29 is 49.3 Å². The van der Waals surface area contributed by atoms with Crippen molar-refractivity contribution in [1.82, 2.24) is 4.90 Å². The summed E-state index contributed by atoms with van der Waals surface area (Å²) in [6, 6.07) is 16.5. The molecule has 0 bridgehead atoms. The highest BCUT2D eigenvalue weighted by molar-refractivity contribution is 5.92. The first kappa shape index (κ1) is 34.5. The molecule has 1 saturated heterocycles. The standard InChI is InChI=1S/C19H22N4O3.2C4H4O4/c1-15-13-21(10-11-22(15)17-7-3-2-4-8-17)14-19(24)20-16-6-5-9-18(12-16)23(25)26;2*5-3(6)1-2-4(7)8/h2-9,12,15H,10-11,13-14H2,1H3,(H,20,24);2*1-2H,(H,5,6)(H,7,8)/b;2*2-1+. The number of piperazine rings is 1. The number of hydrogen-bond donors (Lipinski definition) is 5. The fraction of sp³-hybridized carbons (Fsp3) is 0.222. The molecule has 1 amide bonds. The number of hydrogen-bond acceptors (Lipinski definition) is 9. The zero-order valence-electron chi connectivity index (χ0n) is 22.4. The van der Waals surface area contributed by atoms with Crippen LogP contribution in [-0.2, 0) is 24.0 Å². The van der Waals surface area contributed by atoms with Gasteiger partial charge in [-0.05, 0) is 25.1 Å². The highest BCUT2D eigenvalue weighted by atomic mass is 16.6. The molecular weight excluding hydrogens is 556 g/mol. The Labute approximate surface area is 239 Å². The summed E-state index contributed by atoms with van der Waals surface area (Å²) in [5, 5.41) is 44.8. The minimum absolute atomic E-state index is 0.0344. The number of carbonyl (C=O) groups excluding carboxylic acids is 1. The number of non-ortho nitro benzene ring substituents is 1. The second-order valence-electron chi connectivity index (χ2n) is 8.49. The van der Waals surface area contributed by atoms with Crippen molar-refractivity contribution in [1.29, 1.82) is 0 Å². The number of para-hydroxylation sites is 1. The van der Waals surface area contributed by atoms with Gasteiger partial charge in [0.2, 0.25) is 5.91 Å². The number of aliphatic carboxylic acids is 4. The summed E-state index contributed by atoms with van der Waals surface area (Å²) < 4.78 is 0. The maximum atomic E-state index is 12.3. The molecule has 1 heterocycles. The van der Waals surface area contributed by atoms with E-state index >= 15 is 0 Å². The molecule has 0 spiro atoms. The number of carboxylic acids is 4. The Kier molecular flexibility index (Phi) is 14.7. The lowest BCUT2D eigenvalue weighted by Gasteiger charge is -2.41. The topological polar surface area (TPSA) is 228 Å². The molecule has 15 heteroatoms. The molecule has 1 aliphatic heterocycles. The summed E-state index contributed by atoms with van der Waals surface area (Å²) in [6.07, 6.45) is 2.23. The Morgan fingerprint density at radius 3 is 1.83 bits per heavy atom. The van der Waals surface area contributed by atoms with Crippen molar-refractivity contribution in [2.24, 2.45) is 0 Å². The maximum Gasteiger partial charge on any atom is 0.328 e. The number of rotatable bonds is 9. The van der Waals surface area contributed by atoms with Crippen LogP contribution in [0.4, 0.5) is 17.1 Å². The first-order valence-electron chi connectivity index (χ1n) is 12.1. The zero-order chi connectivity index (χ0) is 31.7. The van der Waals surface area contributed by atoms with Crippen LogP contribution in [0, 0.1) is 10.1 Å². The Morgan fingerprint density at radius 2 is 1.38 bits per heavy atom. The molecule has 5 N–H and O–H groups in total. The van der Waals surface area contributed by atoms with Crippen LogP contribution in [0.5, 0.6) is 0 Å². The second-order valence-corrected chi connectivity index (χ2v) is 8.49. The van der Waals surface area contributed by atoms with Crippen molar-refractivity contribution >= 4 is 46.8 Å². The molecule has 3 rings (SSSR count). The van der Waals surface area contributed by atoms with E-state index in [1.54, 1.807) is 12.1 Å². The molecule has 1 fully saturated rings. The minimum atomic E-state index is -1.26. The van der Waals surface area contributed by atoms with Gasteiger partial charge in [0.25, 0.3) is 5.69 Å². The lowest BCUT2D eigenvalue weighted by molar-refractivity contribution is -0.384. The van der Waals surface area contributed by atoms with Gasteiger partial charge in [-0.25, -0.2) is 19.2 Å². The molecule has 0 aliphatic carbocycles. The molecule has 42 heavy (non-hydrogen) atoms. The molecule has 1 unspecified atom stereocenters. The van der Waals surface area contributed by atoms with Gasteiger partial charge >= 0.3 is 23.9 Å². The number of nitro groups is 1. The molecule has 2 aromatic rings. The Bertz CT molecular complexity index is 1250. The van der Waals surface area contributed by atoms with Gasteiger partial charge in [0.05, 0.1) is 11.5 Å². The van der Waals surface area contributed by atoms with Crippen LogP contribution in [0.1, 0.15) is 6.92 Å². The highest BCUT2D eigenvalue weighted by Crippen LogP contribution is 2.20. The molecule has 15 nitrogen and oxygen atoms in total. The second kappa shape index (κ2) is 17.9. The maximum absolute atomic E-state index is 12.3. The van der Waals surface area contributed by atoms with Crippen molar-refractivity contribution in [3.05, 3.63) is 89.0 Å². The summed E-state index contributed by atoms with van der Waals surface area (Å²) in [5.74, 6) is -5.19. The fourth-order valence-electron chi connectivity index (χ4n) is 3.57. The summed E-state index contributed by atoms with van der Waals surface area (Å²) in [5.41, 5.74) is 1.61. The van der Waals surface area contributed by atoms with E-state index in [1.807, 2.05) is 18.2 Å². The van der Waals surface area contributed by atoms with Gasteiger partial charge in [-0.1, -0.05) is 24.3 Å². The van der Waals surface area contributed by atoms with E-state index in [0.29, 0.717) is 36.0 Å². The van der Waals surface area contributed by atoms with E-state index in [1.165, 1.54) is 17.8 Å². The van der Waals surface area contributed by atoms with Crippen molar-refractivity contribution in [3.8, 4) is 0 Å². The van der Waals surface area contributed by atoms with Crippen LogP contribution in [0.15, 0.2) is 78.9 Å². The van der Waals surface area contributed by atoms with Gasteiger partial charge in [0.1, 0.15) is 0 Å². The number of nitro benzene ring substituents is 1. The van der Waals surface area contributed by atoms with Crippen LogP contribution in [0.25, 0.3) is 0 Å². The third kappa shape index (κ3) is 14.5. The monoisotopic (exact) mass is 586 g/mol. The molecule has 1 aliphatic rings. The molecule has 0 radical (unpaired) electrons. The lowest BCUT2D eigenvalue weighted by Crippen LogP contribution is -2.53. The van der Waals surface area contributed by atoms with Crippen LogP contribution >= 0.6 is 0 Å². The number of benzene rings is 2. The van der Waals surface area contributed by atoms with E-state index in [2.05, 4.69) is 34.2 Å². The van der Waals surface area contributed by atoms with Crippen LogP contribution in [0.3, 0.4) is 0 Å². The van der Waals surface area contributed by atoms with Crippen LogP contribution < -0.4 is 10.2 Å². The van der Waals surface area contributed by atoms with E-state index in [4.69, 9.17) is 20.4 Å². The first-order chi connectivity index (χ1) is 19.8. The molecule has 1 atom stereocenters. The zero-order valence-corrected chi connectivity index (χ0v) is 22.4. The summed E-state index contributed by atoms with van der Waals surface area (Å²) >= 11 is 0. The molecule has 224 valence electrons. The fourth-order valence-corrected chi connectivity index (χ4v) is 3.57. The molecule has 2 aromatic carbocycles. The number of nitrogens with one attached hydrogen (secondary N) is 1. The largest absolute Gasteiger partial charge is 0.478 e. The SMILES string of the molecule is CC1CN(CC(=O)Nc2cccc([N+](=O)[O-])c2)CCN1c1ccccc1.O=C(O)/C=C/C(=O)O.O=C(O)/C=C/C(=O)O. The van der Waals surface area contributed by atoms with Crippen LogP contribution in [0.2, 0.25) is 0 Å². The predicted octanol–water partition coefficient (Wildman–Crippen LogP) is 2.17. The average Bonchev–Trinajstić information content (AvgIpc) is 2.92. The predicted molar refractivity (Wildman–Crippen MR) is 150 cm³/mol. The number of nitrogens with zero attached hydrogens (tertiary/aromatic N) is 3. The highest BCUT2D eigenvalue weighted by Gasteiger charge is 2.25. The Hall–Kier alpha value is -5.57. The third-order valence-corrected chi connectivity index (χ3v) is 5.24. The number of amides is 1. The van der Waals surface area contributed by atoms with E-state index in [9.17, 15) is 34.1 Å². The van der Waals surface area contributed by atoms with Crippen LogP contribution in [-0.4, -0.2) is 92.3 Å². The quantitative estimate of drug-likeness (QED) is 0.161. The Balaban J connectivity index is 0.000000454. The van der Waals surface area contributed by atoms with Gasteiger partial charge in [-0.2, -0.15) is 0 Å². The van der Waals surface area contributed by atoms with Crippen molar-refractivity contribution in [2.75, 3.05) is 36.4 Å².